The average Bonchev–Trinajstić information content (AvgIpc) is 3.57. The van der Waals surface area contributed by atoms with Gasteiger partial charge in [0.15, 0.2) is 0 Å². The number of rotatable bonds is 22. The molecule has 6 atom stereocenters. The number of amides is 8. The molecule has 0 aromatic heterocycles. The summed E-state index contributed by atoms with van der Waals surface area (Å²) in [4.78, 5) is 113. The van der Waals surface area contributed by atoms with Gasteiger partial charge in [0.2, 0.25) is 47.3 Å². The number of carbonyl (C=O) groups excluding carboxylic acids is 8. The second kappa shape index (κ2) is 22.3. The van der Waals surface area contributed by atoms with Gasteiger partial charge in [0.1, 0.15) is 30.2 Å². The van der Waals surface area contributed by atoms with Gasteiger partial charge in [-0.2, -0.15) is 11.8 Å². The zero-order valence-corrected chi connectivity index (χ0v) is 29.7. The zero-order chi connectivity index (χ0) is 38.0. The number of hydrogen-bond acceptors (Lipinski definition) is 11. The van der Waals surface area contributed by atoms with Crippen molar-refractivity contribution < 1.29 is 48.3 Å². The zero-order valence-electron chi connectivity index (χ0n) is 28.9. The SMILES string of the molecule is CC[C@H](C)[C@H](NC(=O)CNC(=O)[C@H](CCSC)NC(=O)[C@@H]1CCCN1C(=O)CN)C(=O)N[C@@H](C)C(=O)NCC(=O)N[C@@H](CCC(N)=O)C(=O)O. The van der Waals surface area contributed by atoms with Crippen molar-refractivity contribution in [3.05, 3.63) is 0 Å². The number of nitrogens with one attached hydrogen (secondary N) is 6. The first-order chi connectivity index (χ1) is 23.6. The minimum Gasteiger partial charge on any atom is -0.480 e. The summed E-state index contributed by atoms with van der Waals surface area (Å²) in [5, 5.41) is 23.9. The fourth-order valence-corrected chi connectivity index (χ4v) is 5.39. The topological polar surface area (TPSA) is 301 Å². The monoisotopic (exact) mass is 729 g/mol. The third kappa shape index (κ3) is 15.0. The van der Waals surface area contributed by atoms with Crippen LogP contribution in [0, 0.1) is 5.92 Å². The van der Waals surface area contributed by atoms with Crippen molar-refractivity contribution in [1.82, 2.24) is 36.8 Å². The van der Waals surface area contributed by atoms with E-state index in [0.29, 0.717) is 31.6 Å². The lowest BCUT2D eigenvalue weighted by Crippen LogP contribution is -2.57. The van der Waals surface area contributed by atoms with E-state index in [1.807, 2.05) is 6.26 Å². The van der Waals surface area contributed by atoms with Crippen molar-refractivity contribution in [2.24, 2.45) is 17.4 Å². The van der Waals surface area contributed by atoms with Crippen LogP contribution in [-0.4, -0.2) is 132 Å². The summed E-state index contributed by atoms with van der Waals surface area (Å²) in [5.41, 5.74) is 10.5. The molecule has 0 unspecified atom stereocenters. The Morgan fingerprint density at radius 2 is 1.48 bits per heavy atom. The van der Waals surface area contributed by atoms with Gasteiger partial charge < -0.3 is 53.4 Å². The molecule has 1 heterocycles. The van der Waals surface area contributed by atoms with E-state index in [1.165, 1.54) is 23.6 Å². The minimum absolute atomic E-state index is 0.240. The predicted octanol–water partition coefficient (Wildman–Crippen LogP) is -3.72. The number of carbonyl (C=O) groups is 9. The largest absolute Gasteiger partial charge is 0.480 e. The number of aliphatic carboxylic acids is 1. The van der Waals surface area contributed by atoms with Crippen LogP contribution in [-0.2, 0) is 43.2 Å². The number of nitrogens with zero attached hydrogens (tertiary/aromatic N) is 1. The molecule has 1 aliphatic rings. The Morgan fingerprint density at radius 1 is 0.860 bits per heavy atom. The maximum Gasteiger partial charge on any atom is 0.326 e. The lowest BCUT2D eigenvalue weighted by atomic mass is 9.98. The van der Waals surface area contributed by atoms with Gasteiger partial charge in [-0.1, -0.05) is 20.3 Å². The Labute approximate surface area is 294 Å². The van der Waals surface area contributed by atoms with Gasteiger partial charge in [-0.25, -0.2) is 4.79 Å². The van der Waals surface area contributed by atoms with Crippen LogP contribution in [0.25, 0.3) is 0 Å². The van der Waals surface area contributed by atoms with Crippen molar-refractivity contribution in [2.45, 2.75) is 89.5 Å². The summed E-state index contributed by atoms with van der Waals surface area (Å²) in [6.45, 7) is 3.83. The van der Waals surface area contributed by atoms with E-state index in [4.69, 9.17) is 11.5 Å². The van der Waals surface area contributed by atoms with E-state index in [1.54, 1.807) is 13.8 Å². The summed E-state index contributed by atoms with van der Waals surface area (Å²) < 4.78 is 0. The molecular weight excluding hydrogens is 678 g/mol. The summed E-state index contributed by atoms with van der Waals surface area (Å²) in [7, 11) is 0. The number of hydrogen-bond donors (Lipinski definition) is 9. The maximum absolute atomic E-state index is 13.1. The summed E-state index contributed by atoms with van der Waals surface area (Å²) in [5.74, 6) is -6.53. The Balaban J connectivity index is 2.75. The Hall–Kier alpha value is -4.46. The molecule has 1 saturated heterocycles. The molecule has 20 heteroatoms. The van der Waals surface area contributed by atoms with Crippen LogP contribution in [0.2, 0.25) is 0 Å². The maximum atomic E-state index is 13.1. The second-order valence-electron chi connectivity index (χ2n) is 11.9. The highest BCUT2D eigenvalue weighted by Gasteiger charge is 2.35. The van der Waals surface area contributed by atoms with E-state index < -0.39 is 96.5 Å². The van der Waals surface area contributed by atoms with Gasteiger partial charge in [-0.15, -0.1) is 0 Å². The first kappa shape index (κ1) is 43.6. The smallest absolute Gasteiger partial charge is 0.326 e. The van der Waals surface area contributed by atoms with E-state index in [2.05, 4.69) is 31.9 Å². The van der Waals surface area contributed by atoms with Crippen LogP contribution in [0.4, 0.5) is 0 Å². The van der Waals surface area contributed by atoms with Crippen LogP contribution in [0.1, 0.15) is 59.3 Å². The lowest BCUT2D eigenvalue weighted by molar-refractivity contribution is -0.142. The fourth-order valence-electron chi connectivity index (χ4n) is 4.92. The summed E-state index contributed by atoms with van der Waals surface area (Å²) in [6.07, 6.45) is 3.08. The Morgan fingerprint density at radius 3 is 2.04 bits per heavy atom. The fraction of sp³-hybridized carbons (Fsp3) is 0.700. The van der Waals surface area contributed by atoms with Crippen LogP contribution in [0.5, 0.6) is 0 Å². The van der Waals surface area contributed by atoms with Gasteiger partial charge in [0.25, 0.3) is 0 Å². The Kier molecular flexibility index (Phi) is 19.4. The van der Waals surface area contributed by atoms with Crippen molar-refractivity contribution >= 4 is 65.0 Å². The van der Waals surface area contributed by atoms with E-state index >= 15 is 0 Å². The van der Waals surface area contributed by atoms with Crippen molar-refractivity contribution in [2.75, 3.05) is 38.2 Å². The highest BCUT2D eigenvalue weighted by molar-refractivity contribution is 7.98. The summed E-state index contributed by atoms with van der Waals surface area (Å²) in [6, 6.07) is -5.41. The number of thioether (sulfide) groups is 1. The van der Waals surface area contributed by atoms with Crippen molar-refractivity contribution in [1.29, 1.82) is 0 Å². The molecule has 282 valence electrons. The van der Waals surface area contributed by atoms with E-state index in [-0.39, 0.29) is 31.7 Å². The van der Waals surface area contributed by atoms with Gasteiger partial charge in [0, 0.05) is 13.0 Å². The normalized spacial score (nSPS) is 16.8. The minimum atomic E-state index is -1.40. The molecular formula is C30H51N9O10S. The van der Waals surface area contributed by atoms with Crippen LogP contribution < -0.4 is 43.4 Å². The van der Waals surface area contributed by atoms with Crippen LogP contribution in [0.15, 0.2) is 0 Å². The highest BCUT2D eigenvalue weighted by Crippen LogP contribution is 2.18. The predicted molar refractivity (Wildman–Crippen MR) is 182 cm³/mol. The molecule has 0 radical (unpaired) electrons. The van der Waals surface area contributed by atoms with Crippen LogP contribution in [0.3, 0.4) is 0 Å². The molecule has 8 amide bonds. The molecule has 1 rings (SSSR count). The molecule has 1 fully saturated rings. The highest BCUT2D eigenvalue weighted by atomic mass is 32.2. The quantitative estimate of drug-likeness (QED) is 0.0520. The molecule has 1 aliphatic heterocycles. The second-order valence-corrected chi connectivity index (χ2v) is 12.8. The lowest BCUT2D eigenvalue weighted by Gasteiger charge is -2.26. The Bertz CT molecular complexity index is 1250. The number of primary amides is 1. The molecule has 19 nitrogen and oxygen atoms in total. The molecule has 0 aromatic carbocycles. The number of nitrogens with two attached hydrogens (primary N) is 2. The molecule has 0 aliphatic carbocycles. The number of carboxylic acid groups (broad SMARTS) is 1. The van der Waals surface area contributed by atoms with Crippen molar-refractivity contribution in [3.63, 3.8) is 0 Å². The first-order valence-electron chi connectivity index (χ1n) is 16.3. The van der Waals surface area contributed by atoms with Gasteiger partial charge in [-0.05, 0) is 50.5 Å². The van der Waals surface area contributed by atoms with Gasteiger partial charge in [0.05, 0.1) is 19.6 Å². The molecule has 0 bridgehead atoms. The standard InChI is InChI=1S/C30H51N9O10S/c1-5-16(2)25(29(47)35-17(3)26(44)33-14-22(41)36-19(30(48)49)8-9-21(32)40)38-23(42)15-34-27(45)18(10-12-50-4)37-28(46)20-7-6-11-39(20)24(43)13-31/h16-20,25H,5-15,31H2,1-4H3,(H2,32,40)(H,33,44)(H,34,45)(H,35,47)(H,36,41)(H,37,46)(H,38,42)(H,48,49)/t16-,17-,18-,19-,20-,25-/m0/s1. The third-order valence-electron chi connectivity index (χ3n) is 8.02. The van der Waals surface area contributed by atoms with Gasteiger partial charge >= 0.3 is 5.97 Å². The molecule has 50 heavy (non-hydrogen) atoms. The summed E-state index contributed by atoms with van der Waals surface area (Å²) >= 11 is 1.45. The third-order valence-corrected chi connectivity index (χ3v) is 8.66. The first-order valence-corrected chi connectivity index (χ1v) is 17.7. The van der Waals surface area contributed by atoms with Crippen molar-refractivity contribution in [3.8, 4) is 0 Å². The van der Waals surface area contributed by atoms with E-state index in [0.717, 1.165) is 0 Å². The van der Waals surface area contributed by atoms with E-state index in [9.17, 15) is 48.3 Å². The molecule has 11 N–H and O–H groups in total. The molecule has 0 spiro atoms. The van der Waals surface area contributed by atoms with Gasteiger partial charge in [-0.3, -0.25) is 38.4 Å². The van der Waals surface area contributed by atoms with Crippen LogP contribution >= 0.6 is 11.8 Å². The molecule has 0 saturated carbocycles. The average molecular weight is 730 g/mol. The number of likely N-dealkylation sites (tertiary alicyclic amines) is 1. The number of carboxylic acids is 1. The molecule has 0 aromatic rings.